The van der Waals surface area contributed by atoms with E-state index in [4.69, 9.17) is 4.74 Å². The van der Waals surface area contributed by atoms with Crippen molar-refractivity contribution >= 4 is 23.2 Å². The van der Waals surface area contributed by atoms with Crippen molar-refractivity contribution in [2.24, 2.45) is 0 Å². The second-order valence-corrected chi connectivity index (χ2v) is 6.98. The van der Waals surface area contributed by atoms with Crippen LogP contribution in [0.25, 0.3) is 16.9 Å². The van der Waals surface area contributed by atoms with Gasteiger partial charge in [0.2, 0.25) is 0 Å². The van der Waals surface area contributed by atoms with Gasteiger partial charge in [-0.25, -0.2) is 14.3 Å². The molecule has 0 saturated heterocycles. The first-order chi connectivity index (χ1) is 14.5. The molecule has 150 valence electrons. The summed E-state index contributed by atoms with van der Waals surface area (Å²) in [6.45, 7) is 3.57. The maximum Gasteiger partial charge on any atom is 0.411 e. The van der Waals surface area contributed by atoms with Gasteiger partial charge in [-0.3, -0.25) is 10.1 Å². The minimum Gasteiger partial charge on any atom is -0.447 e. The van der Waals surface area contributed by atoms with E-state index >= 15 is 0 Å². The summed E-state index contributed by atoms with van der Waals surface area (Å²) >= 11 is 0. The normalized spacial score (nSPS) is 10.9. The van der Waals surface area contributed by atoms with Crippen LogP contribution in [-0.2, 0) is 4.74 Å². The molecule has 4 aromatic rings. The van der Waals surface area contributed by atoms with Crippen molar-refractivity contribution in [1.82, 2.24) is 14.6 Å². The zero-order valence-electron chi connectivity index (χ0n) is 16.6. The Morgan fingerprint density at radius 3 is 2.60 bits per heavy atom. The molecule has 0 unspecified atom stereocenters. The van der Waals surface area contributed by atoms with Gasteiger partial charge in [-0.05, 0) is 32.0 Å². The van der Waals surface area contributed by atoms with Gasteiger partial charge in [0.15, 0.2) is 11.4 Å². The predicted molar refractivity (Wildman–Crippen MR) is 114 cm³/mol. The molecule has 0 aliphatic heterocycles. The Morgan fingerprint density at radius 1 is 1.03 bits per heavy atom. The van der Waals surface area contributed by atoms with Gasteiger partial charge in [0.25, 0.3) is 0 Å². The van der Waals surface area contributed by atoms with Crippen LogP contribution in [0.2, 0.25) is 0 Å². The van der Waals surface area contributed by atoms with Gasteiger partial charge in [-0.1, -0.05) is 42.5 Å². The van der Waals surface area contributed by atoms with E-state index < -0.39 is 6.09 Å². The van der Waals surface area contributed by atoms with Crippen LogP contribution < -0.4 is 5.32 Å². The molecule has 0 aliphatic carbocycles. The lowest BCUT2D eigenvalue weighted by Gasteiger charge is -2.11. The molecule has 1 N–H and O–H groups in total. The fourth-order valence-corrected chi connectivity index (χ4v) is 3.13. The van der Waals surface area contributed by atoms with Crippen molar-refractivity contribution in [2.45, 2.75) is 20.0 Å². The van der Waals surface area contributed by atoms with E-state index in [1.165, 1.54) is 6.20 Å². The second kappa shape index (κ2) is 8.16. The Morgan fingerprint density at radius 2 is 1.83 bits per heavy atom. The number of hydrogen-bond donors (Lipinski definition) is 1. The third-order valence-corrected chi connectivity index (χ3v) is 4.43. The molecule has 0 fully saturated rings. The maximum absolute atomic E-state index is 12.9. The van der Waals surface area contributed by atoms with E-state index in [0.717, 1.165) is 11.3 Å². The maximum atomic E-state index is 12.9. The van der Waals surface area contributed by atoms with Crippen molar-refractivity contribution in [3.8, 4) is 11.3 Å². The molecule has 4 rings (SSSR count). The lowest BCUT2D eigenvalue weighted by molar-refractivity contribution is 0.103. The minimum atomic E-state index is -0.517. The molecule has 2 heterocycles. The Bertz CT molecular complexity index is 1220. The molecule has 0 radical (unpaired) electrons. The summed E-state index contributed by atoms with van der Waals surface area (Å²) in [4.78, 5) is 29.1. The zero-order valence-corrected chi connectivity index (χ0v) is 16.6. The molecular formula is C23H20N4O3. The topological polar surface area (TPSA) is 85.6 Å². The number of benzene rings is 2. The van der Waals surface area contributed by atoms with Crippen LogP contribution in [0.5, 0.6) is 0 Å². The van der Waals surface area contributed by atoms with Crippen LogP contribution in [0, 0.1) is 0 Å². The number of rotatable bonds is 5. The number of anilines is 1. The summed E-state index contributed by atoms with van der Waals surface area (Å²) < 4.78 is 6.75. The van der Waals surface area contributed by atoms with Crippen LogP contribution in [0.1, 0.15) is 29.8 Å². The number of hydrogen-bond acceptors (Lipinski definition) is 5. The fraction of sp³-hybridized carbons (Fsp3) is 0.130. The van der Waals surface area contributed by atoms with E-state index in [0.29, 0.717) is 22.5 Å². The van der Waals surface area contributed by atoms with Crippen molar-refractivity contribution in [3.63, 3.8) is 0 Å². The molecule has 0 atom stereocenters. The molecule has 7 nitrogen and oxygen atoms in total. The average molecular weight is 400 g/mol. The molecule has 0 aliphatic rings. The fourth-order valence-electron chi connectivity index (χ4n) is 3.13. The summed E-state index contributed by atoms with van der Waals surface area (Å²) in [6, 6.07) is 18.2. The Balaban J connectivity index is 1.69. The van der Waals surface area contributed by atoms with Crippen molar-refractivity contribution in [1.29, 1.82) is 0 Å². The highest BCUT2D eigenvalue weighted by molar-refractivity contribution is 6.12. The summed E-state index contributed by atoms with van der Waals surface area (Å²) in [5.41, 5.74) is 3.63. The summed E-state index contributed by atoms with van der Waals surface area (Å²) in [5.74, 6) is -0.137. The molecule has 30 heavy (non-hydrogen) atoms. The first-order valence-corrected chi connectivity index (χ1v) is 9.53. The van der Waals surface area contributed by atoms with E-state index in [-0.39, 0.29) is 11.9 Å². The van der Waals surface area contributed by atoms with Gasteiger partial charge in [0.05, 0.1) is 23.6 Å². The molecule has 0 saturated carbocycles. The van der Waals surface area contributed by atoms with Crippen LogP contribution in [-0.4, -0.2) is 32.6 Å². The number of aromatic nitrogens is 3. The zero-order chi connectivity index (χ0) is 21.1. The summed E-state index contributed by atoms with van der Waals surface area (Å²) in [5, 5.41) is 7.11. The molecule has 0 bridgehead atoms. The third kappa shape index (κ3) is 3.91. The van der Waals surface area contributed by atoms with Crippen molar-refractivity contribution < 1.29 is 14.3 Å². The first kappa shape index (κ1) is 19.3. The number of fused-ring (bicyclic) bond motifs is 1. The highest BCUT2D eigenvalue weighted by atomic mass is 16.6. The van der Waals surface area contributed by atoms with Gasteiger partial charge in [-0.2, -0.15) is 5.10 Å². The largest absolute Gasteiger partial charge is 0.447 e. The van der Waals surface area contributed by atoms with Gasteiger partial charge in [0.1, 0.15) is 0 Å². The smallest absolute Gasteiger partial charge is 0.411 e. The third-order valence-electron chi connectivity index (χ3n) is 4.43. The van der Waals surface area contributed by atoms with Gasteiger partial charge in [-0.15, -0.1) is 0 Å². The molecule has 0 spiro atoms. The molecule has 2 aromatic carbocycles. The Labute approximate surface area is 173 Å². The van der Waals surface area contributed by atoms with Crippen LogP contribution in [0.15, 0.2) is 73.1 Å². The monoisotopic (exact) mass is 400 g/mol. The van der Waals surface area contributed by atoms with Crippen molar-refractivity contribution in [2.75, 3.05) is 5.32 Å². The molecule has 7 heteroatoms. The van der Waals surface area contributed by atoms with Gasteiger partial charge < -0.3 is 4.74 Å². The van der Waals surface area contributed by atoms with E-state index in [1.54, 1.807) is 42.8 Å². The number of nitrogens with zero attached hydrogens (tertiary/aromatic N) is 3. The van der Waals surface area contributed by atoms with E-state index in [1.807, 2.05) is 42.5 Å². The number of ketones is 1. The lowest BCUT2D eigenvalue weighted by Crippen LogP contribution is -2.17. The number of carbonyl (C=O) groups excluding carboxylic acids is 2. The van der Waals surface area contributed by atoms with Gasteiger partial charge >= 0.3 is 6.09 Å². The lowest BCUT2D eigenvalue weighted by atomic mass is 10.1. The number of amides is 1. The quantitative estimate of drug-likeness (QED) is 0.496. The number of carbonyl (C=O) groups is 2. The van der Waals surface area contributed by atoms with E-state index in [9.17, 15) is 9.59 Å². The predicted octanol–water partition coefficient (Wildman–Crippen LogP) is 4.58. The highest BCUT2D eigenvalue weighted by Crippen LogP contribution is 2.25. The second-order valence-electron chi connectivity index (χ2n) is 6.98. The van der Waals surface area contributed by atoms with E-state index in [2.05, 4.69) is 15.4 Å². The van der Waals surface area contributed by atoms with Crippen LogP contribution >= 0.6 is 0 Å². The molecule has 1 amide bonds. The SMILES string of the molecule is CC(C)OC(=O)Nc1cccc(-c2ccnc3c(C(=O)c4ccccc4)cnn23)c1. The van der Waals surface area contributed by atoms with Gasteiger partial charge in [0, 0.05) is 23.0 Å². The Kier molecular flexibility index (Phi) is 5.26. The summed E-state index contributed by atoms with van der Waals surface area (Å²) in [6.07, 6.45) is 2.44. The highest BCUT2D eigenvalue weighted by Gasteiger charge is 2.17. The minimum absolute atomic E-state index is 0.137. The van der Waals surface area contributed by atoms with Crippen molar-refractivity contribution in [3.05, 3.63) is 84.2 Å². The summed E-state index contributed by atoms with van der Waals surface area (Å²) in [7, 11) is 0. The van der Waals surface area contributed by atoms with Crippen LogP contribution in [0.4, 0.5) is 10.5 Å². The number of ether oxygens (including phenoxy) is 1. The number of nitrogens with one attached hydrogen (secondary N) is 1. The average Bonchev–Trinajstić information content (AvgIpc) is 3.17. The molecule has 2 aromatic heterocycles. The van der Waals surface area contributed by atoms with Crippen LogP contribution in [0.3, 0.4) is 0 Å². The Hall–Kier alpha value is -4.00. The molecular weight excluding hydrogens is 380 g/mol. The standard InChI is InChI=1S/C23H20N4O3/c1-15(2)30-23(29)26-18-10-6-9-17(13-18)20-11-12-24-22-19(14-25-27(20)22)21(28)16-7-4-3-5-8-16/h3-15H,1-2H3,(H,26,29). The first-order valence-electron chi connectivity index (χ1n) is 9.53.